The van der Waals surface area contributed by atoms with Gasteiger partial charge in [0.25, 0.3) is 5.56 Å². The second-order valence-corrected chi connectivity index (χ2v) is 8.73. The zero-order valence-corrected chi connectivity index (χ0v) is 17.4. The van der Waals surface area contributed by atoms with E-state index in [0.717, 1.165) is 31.7 Å². The summed E-state index contributed by atoms with van der Waals surface area (Å²) in [4.78, 5) is 31.6. The Morgan fingerprint density at radius 2 is 1.93 bits per heavy atom. The highest BCUT2D eigenvalue weighted by atomic mass is 32.2. The topological polar surface area (TPSA) is 64.0 Å². The predicted octanol–water partition coefficient (Wildman–Crippen LogP) is 4.50. The molecule has 2 aromatic heterocycles. The molecule has 7 heteroatoms. The molecule has 0 spiro atoms. The van der Waals surface area contributed by atoms with Gasteiger partial charge in [0.05, 0.1) is 11.1 Å². The number of amides is 1. The molecule has 1 N–H and O–H groups in total. The zero-order chi connectivity index (χ0) is 19.8. The molecule has 0 aliphatic heterocycles. The fourth-order valence-corrected chi connectivity index (χ4v) is 4.98. The standard InChI is InChI=1S/C21H19N3O2S2/c1-12-13(2)28-19-18(12)20(26)24(3)21(23-19)27-11-17(25)22-16-10-6-8-14-7-4-5-9-15(14)16/h4-10H,11H2,1-3H3,(H,22,25). The minimum atomic E-state index is -0.130. The molecule has 142 valence electrons. The van der Waals surface area contributed by atoms with Gasteiger partial charge >= 0.3 is 0 Å². The molecule has 2 heterocycles. The Bertz CT molecular complexity index is 1270. The van der Waals surface area contributed by atoms with E-state index < -0.39 is 0 Å². The summed E-state index contributed by atoms with van der Waals surface area (Å²) in [6.07, 6.45) is 0. The van der Waals surface area contributed by atoms with Crippen LogP contribution in [0.15, 0.2) is 52.4 Å². The van der Waals surface area contributed by atoms with Crippen LogP contribution in [0.25, 0.3) is 21.0 Å². The molecule has 28 heavy (non-hydrogen) atoms. The lowest BCUT2D eigenvalue weighted by Crippen LogP contribution is -2.21. The summed E-state index contributed by atoms with van der Waals surface area (Å²) in [6.45, 7) is 3.94. The van der Waals surface area contributed by atoms with Gasteiger partial charge in [0, 0.05) is 23.0 Å². The first-order valence-corrected chi connectivity index (χ1v) is 10.6. The van der Waals surface area contributed by atoms with Crippen molar-refractivity contribution in [3.8, 4) is 0 Å². The lowest BCUT2D eigenvalue weighted by molar-refractivity contribution is -0.113. The minimum Gasteiger partial charge on any atom is -0.325 e. The second-order valence-electron chi connectivity index (χ2n) is 6.59. The number of carbonyl (C=O) groups excluding carboxylic acids is 1. The molecule has 0 radical (unpaired) electrons. The number of rotatable bonds is 4. The number of aromatic nitrogens is 2. The molecule has 0 aliphatic rings. The van der Waals surface area contributed by atoms with Gasteiger partial charge in [-0.2, -0.15) is 0 Å². The molecule has 0 atom stereocenters. The van der Waals surface area contributed by atoms with E-state index in [1.54, 1.807) is 7.05 Å². The van der Waals surface area contributed by atoms with Gasteiger partial charge in [0.1, 0.15) is 4.83 Å². The van der Waals surface area contributed by atoms with Crippen LogP contribution in [-0.4, -0.2) is 21.2 Å². The van der Waals surface area contributed by atoms with Crippen molar-refractivity contribution in [3.63, 3.8) is 0 Å². The van der Waals surface area contributed by atoms with E-state index in [-0.39, 0.29) is 17.2 Å². The largest absolute Gasteiger partial charge is 0.325 e. The van der Waals surface area contributed by atoms with Gasteiger partial charge in [0.15, 0.2) is 5.16 Å². The average molecular weight is 410 g/mol. The monoisotopic (exact) mass is 409 g/mol. The van der Waals surface area contributed by atoms with Crippen molar-refractivity contribution in [1.29, 1.82) is 0 Å². The van der Waals surface area contributed by atoms with E-state index in [1.807, 2.05) is 56.3 Å². The summed E-state index contributed by atoms with van der Waals surface area (Å²) in [7, 11) is 1.70. The van der Waals surface area contributed by atoms with E-state index >= 15 is 0 Å². The normalized spacial score (nSPS) is 11.2. The average Bonchev–Trinajstić information content (AvgIpc) is 2.97. The van der Waals surface area contributed by atoms with Crippen LogP contribution >= 0.6 is 23.1 Å². The number of nitrogens with one attached hydrogen (secondary N) is 1. The Morgan fingerprint density at radius 3 is 2.75 bits per heavy atom. The highest BCUT2D eigenvalue weighted by Crippen LogP contribution is 2.28. The van der Waals surface area contributed by atoms with Crippen LogP contribution in [-0.2, 0) is 11.8 Å². The van der Waals surface area contributed by atoms with E-state index in [1.165, 1.54) is 27.7 Å². The summed E-state index contributed by atoms with van der Waals surface area (Å²) in [6, 6.07) is 13.7. The van der Waals surface area contributed by atoms with Crippen LogP contribution < -0.4 is 10.9 Å². The molecule has 4 rings (SSSR count). The van der Waals surface area contributed by atoms with Gasteiger partial charge in [-0.1, -0.05) is 48.2 Å². The molecular weight excluding hydrogens is 390 g/mol. The molecule has 0 bridgehead atoms. The van der Waals surface area contributed by atoms with Crippen molar-refractivity contribution < 1.29 is 4.79 Å². The van der Waals surface area contributed by atoms with Gasteiger partial charge in [-0.05, 0) is 30.9 Å². The molecule has 2 aromatic carbocycles. The first-order chi connectivity index (χ1) is 13.5. The van der Waals surface area contributed by atoms with Gasteiger partial charge < -0.3 is 5.32 Å². The van der Waals surface area contributed by atoms with Crippen molar-refractivity contribution in [2.75, 3.05) is 11.1 Å². The lowest BCUT2D eigenvalue weighted by atomic mass is 10.1. The van der Waals surface area contributed by atoms with Crippen LogP contribution in [0, 0.1) is 13.8 Å². The number of carbonyl (C=O) groups is 1. The molecule has 4 aromatic rings. The minimum absolute atomic E-state index is 0.0659. The summed E-state index contributed by atoms with van der Waals surface area (Å²) in [5, 5.41) is 6.27. The summed E-state index contributed by atoms with van der Waals surface area (Å²) in [5.74, 6) is 0.0486. The quantitative estimate of drug-likeness (QED) is 0.398. The van der Waals surface area contributed by atoms with E-state index in [0.29, 0.717) is 10.5 Å². The maximum atomic E-state index is 12.7. The van der Waals surface area contributed by atoms with Gasteiger partial charge in [-0.25, -0.2) is 4.98 Å². The predicted molar refractivity (Wildman–Crippen MR) is 118 cm³/mol. The van der Waals surface area contributed by atoms with Crippen LogP contribution in [0.1, 0.15) is 10.4 Å². The second kappa shape index (κ2) is 7.41. The summed E-state index contributed by atoms with van der Waals surface area (Å²) < 4.78 is 1.53. The first-order valence-electron chi connectivity index (χ1n) is 8.83. The molecule has 0 unspecified atom stereocenters. The molecule has 5 nitrogen and oxygen atoms in total. The van der Waals surface area contributed by atoms with Crippen molar-refractivity contribution in [2.45, 2.75) is 19.0 Å². The maximum absolute atomic E-state index is 12.7. The number of aryl methyl sites for hydroxylation is 2. The van der Waals surface area contributed by atoms with Crippen LogP contribution in [0.5, 0.6) is 0 Å². The van der Waals surface area contributed by atoms with Crippen molar-refractivity contribution in [1.82, 2.24) is 9.55 Å². The Hall–Kier alpha value is -2.64. The highest BCUT2D eigenvalue weighted by Gasteiger charge is 2.16. The third kappa shape index (κ3) is 3.31. The molecule has 0 saturated heterocycles. The Labute approximate surface area is 170 Å². The van der Waals surface area contributed by atoms with Crippen molar-refractivity contribution in [3.05, 3.63) is 63.3 Å². The fourth-order valence-electron chi connectivity index (χ4n) is 3.14. The Morgan fingerprint density at radius 1 is 1.18 bits per heavy atom. The first kappa shape index (κ1) is 18.7. The van der Waals surface area contributed by atoms with E-state index in [4.69, 9.17) is 0 Å². The molecular formula is C21H19N3O2S2. The SMILES string of the molecule is Cc1sc2nc(SCC(=O)Nc3cccc4ccccc34)n(C)c(=O)c2c1C. The molecule has 0 aliphatic carbocycles. The summed E-state index contributed by atoms with van der Waals surface area (Å²) >= 11 is 2.79. The van der Waals surface area contributed by atoms with E-state index in [2.05, 4.69) is 10.3 Å². The number of thiophene rings is 1. The van der Waals surface area contributed by atoms with Crippen LogP contribution in [0.4, 0.5) is 5.69 Å². The molecule has 0 fully saturated rings. The Kier molecular flexibility index (Phi) is 4.95. The summed E-state index contributed by atoms with van der Waals surface area (Å²) in [5.41, 5.74) is 1.70. The third-order valence-corrected chi connectivity index (χ3v) is 6.90. The molecule has 0 saturated carbocycles. The van der Waals surface area contributed by atoms with Crippen molar-refractivity contribution >= 4 is 55.7 Å². The number of benzene rings is 2. The zero-order valence-electron chi connectivity index (χ0n) is 15.8. The Balaban J connectivity index is 1.55. The number of anilines is 1. The van der Waals surface area contributed by atoms with Crippen molar-refractivity contribution in [2.24, 2.45) is 7.05 Å². The van der Waals surface area contributed by atoms with E-state index in [9.17, 15) is 9.59 Å². The number of hydrogen-bond donors (Lipinski definition) is 1. The number of thioether (sulfide) groups is 1. The van der Waals surface area contributed by atoms with Gasteiger partial charge in [0.2, 0.25) is 5.91 Å². The lowest BCUT2D eigenvalue weighted by Gasteiger charge is -2.10. The van der Waals surface area contributed by atoms with Crippen LogP contribution in [0.3, 0.4) is 0 Å². The maximum Gasteiger partial charge on any atom is 0.262 e. The fraction of sp³-hybridized carbons (Fsp3) is 0.190. The number of nitrogens with zero attached hydrogens (tertiary/aromatic N) is 2. The van der Waals surface area contributed by atoms with Gasteiger partial charge in [-0.3, -0.25) is 14.2 Å². The molecule has 1 amide bonds. The highest BCUT2D eigenvalue weighted by molar-refractivity contribution is 7.99. The number of fused-ring (bicyclic) bond motifs is 2. The van der Waals surface area contributed by atoms with Gasteiger partial charge in [-0.15, -0.1) is 11.3 Å². The third-order valence-electron chi connectivity index (χ3n) is 4.77. The smallest absolute Gasteiger partial charge is 0.262 e. The number of hydrogen-bond acceptors (Lipinski definition) is 5. The van der Waals surface area contributed by atoms with Crippen LogP contribution in [0.2, 0.25) is 0 Å².